The lowest BCUT2D eigenvalue weighted by Crippen LogP contribution is -2.20. The molecule has 0 amide bonds. The molecule has 0 heterocycles. The van der Waals surface area contributed by atoms with Crippen molar-refractivity contribution in [2.45, 2.75) is 39.0 Å². The maximum atomic E-state index is 9.09. The van der Waals surface area contributed by atoms with Gasteiger partial charge in [0.2, 0.25) is 0 Å². The molecule has 0 aliphatic carbocycles. The highest BCUT2D eigenvalue weighted by atomic mass is 35.5. The van der Waals surface area contributed by atoms with Crippen LogP contribution in [0.1, 0.15) is 44.7 Å². The molecule has 2 heteroatoms. The first-order valence-electron chi connectivity index (χ1n) is 5.27. The van der Waals surface area contributed by atoms with E-state index in [1.54, 1.807) is 6.07 Å². The summed E-state index contributed by atoms with van der Waals surface area (Å²) in [4.78, 5) is 0. The average Bonchev–Trinajstić information content (AvgIpc) is 2.27. The molecule has 0 atom stereocenters. The molecule has 0 N–H and O–H groups in total. The van der Waals surface area contributed by atoms with Crippen LogP contribution >= 0.6 is 11.6 Å². The van der Waals surface area contributed by atoms with Gasteiger partial charge < -0.3 is 0 Å². The van der Waals surface area contributed by atoms with Crippen molar-refractivity contribution in [2.24, 2.45) is 0 Å². The molecule has 80 valence electrons. The normalized spacial score (nSPS) is 11.1. The Morgan fingerprint density at radius 2 is 1.93 bits per heavy atom. The minimum Gasteiger partial charge on any atom is -0.192 e. The third kappa shape index (κ3) is 2.33. The molecule has 0 saturated heterocycles. The molecule has 1 aromatic carbocycles. The van der Waals surface area contributed by atoms with Crippen LogP contribution in [-0.2, 0) is 5.41 Å². The van der Waals surface area contributed by atoms with Gasteiger partial charge in [0.25, 0.3) is 0 Å². The van der Waals surface area contributed by atoms with Crippen molar-refractivity contribution in [1.82, 2.24) is 0 Å². The highest BCUT2D eigenvalue weighted by Gasteiger charge is 2.25. The van der Waals surface area contributed by atoms with Crippen molar-refractivity contribution in [3.63, 3.8) is 0 Å². The van der Waals surface area contributed by atoms with Crippen LogP contribution in [0.4, 0.5) is 0 Å². The molecule has 0 aliphatic rings. The Hall–Kier alpha value is -1.00. The minimum atomic E-state index is 0.0790. The van der Waals surface area contributed by atoms with Crippen molar-refractivity contribution in [1.29, 1.82) is 5.26 Å². The van der Waals surface area contributed by atoms with Gasteiger partial charge in [0.05, 0.1) is 11.6 Å². The third-order valence-corrected chi connectivity index (χ3v) is 3.55. The molecule has 0 bridgehead atoms. The number of halogens is 1. The van der Waals surface area contributed by atoms with Crippen molar-refractivity contribution >= 4 is 11.6 Å². The van der Waals surface area contributed by atoms with E-state index in [2.05, 4.69) is 26.8 Å². The summed E-state index contributed by atoms with van der Waals surface area (Å²) in [5.41, 5.74) is 1.89. The maximum Gasteiger partial charge on any atom is 0.0995 e. The lowest BCUT2D eigenvalue weighted by Gasteiger charge is -2.28. The van der Waals surface area contributed by atoms with Crippen LogP contribution in [0.5, 0.6) is 0 Å². The van der Waals surface area contributed by atoms with E-state index in [-0.39, 0.29) is 5.41 Å². The Bertz CT molecular complexity index is 386. The van der Waals surface area contributed by atoms with Crippen molar-refractivity contribution < 1.29 is 0 Å². The topological polar surface area (TPSA) is 23.8 Å². The highest BCUT2D eigenvalue weighted by Crippen LogP contribution is 2.34. The Labute approximate surface area is 96.7 Å². The first-order chi connectivity index (χ1) is 7.07. The molecule has 0 radical (unpaired) electrons. The van der Waals surface area contributed by atoms with Gasteiger partial charge in [-0.25, -0.2) is 0 Å². The van der Waals surface area contributed by atoms with Gasteiger partial charge in [-0.1, -0.05) is 38.4 Å². The molecule has 0 aromatic heterocycles. The molecular formula is C13H16ClN. The second kappa shape index (κ2) is 4.68. The van der Waals surface area contributed by atoms with Crippen LogP contribution < -0.4 is 0 Å². The number of hydrogen-bond acceptors (Lipinski definition) is 1. The Morgan fingerprint density at radius 1 is 1.33 bits per heavy atom. The largest absolute Gasteiger partial charge is 0.192 e. The van der Waals surface area contributed by atoms with Gasteiger partial charge in [0.15, 0.2) is 0 Å². The van der Waals surface area contributed by atoms with Gasteiger partial charge in [-0.05, 0) is 36.0 Å². The molecule has 1 rings (SSSR count). The van der Waals surface area contributed by atoms with E-state index in [4.69, 9.17) is 16.9 Å². The van der Waals surface area contributed by atoms with Crippen LogP contribution in [-0.4, -0.2) is 0 Å². The molecular weight excluding hydrogens is 206 g/mol. The summed E-state index contributed by atoms with van der Waals surface area (Å²) >= 11 is 5.88. The molecule has 1 aromatic rings. The highest BCUT2D eigenvalue weighted by molar-refractivity contribution is 6.30. The molecule has 15 heavy (non-hydrogen) atoms. The molecule has 0 spiro atoms. The van der Waals surface area contributed by atoms with Gasteiger partial charge in [-0.15, -0.1) is 0 Å². The fourth-order valence-corrected chi connectivity index (χ4v) is 1.94. The Morgan fingerprint density at radius 3 is 2.40 bits per heavy atom. The fraction of sp³-hybridized carbons (Fsp3) is 0.462. The quantitative estimate of drug-likeness (QED) is 0.747. The van der Waals surface area contributed by atoms with Gasteiger partial charge in [-0.3, -0.25) is 0 Å². The number of rotatable bonds is 3. The summed E-state index contributed by atoms with van der Waals surface area (Å²) in [5.74, 6) is 0. The first-order valence-corrected chi connectivity index (χ1v) is 5.65. The third-order valence-electron chi connectivity index (χ3n) is 3.31. The van der Waals surface area contributed by atoms with E-state index in [1.165, 1.54) is 0 Å². The second-order valence-corrected chi connectivity index (χ2v) is 4.51. The summed E-state index contributed by atoms with van der Waals surface area (Å²) in [5, 5.41) is 9.72. The monoisotopic (exact) mass is 221 g/mol. The van der Waals surface area contributed by atoms with Crippen LogP contribution in [0.2, 0.25) is 5.02 Å². The summed E-state index contributed by atoms with van der Waals surface area (Å²) in [6.45, 7) is 6.50. The first kappa shape index (κ1) is 12.1. The van der Waals surface area contributed by atoms with Gasteiger partial charge in [0.1, 0.15) is 0 Å². The Balaban J connectivity index is 3.31. The van der Waals surface area contributed by atoms with E-state index in [9.17, 15) is 0 Å². The number of nitriles is 1. The zero-order valence-corrected chi connectivity index (χ0v) is 10.2. The van der Waals surface area contributed by atoms with Gasteiger partial charge in [0, 0.05) is 5.02 Å². The van der Waals surface area contributed by atoms with Crippen molar-refractivity contribution in [3.8, 4) is 6.07 Å². The number of hydrogen-bond donors (Lipinski definition) is 0. The summed E-state index contributed by atoms with van der Waals surface area (Å²) in [6.07, 6.45) is 2.06. The standard InChI is InChI=1S/C13H16ClN/c1-4-13(3,5-2)12-7-6-11(14)8-10(12)9-15/h6-8H,4-5H2,1-3H3. The minimum absolute atomic E-state index is 0.0790. The summed E-state index contributed by atoms with van der Waals surface area (Å²) in [6, 6.07) is 7.82. The smallest absolute Gasteiger partial charge is 0.0995 e. The lowest BCUT2D eigenvalue weighted by molar-refractivity contribution is 0.438. The molecule has 0 fully saturated rings. The van der Waals surface area contributed by atoms with Gasteiger partial charge in [-0.2, -0.15) is 5.26 Å². The molecule has 0 aliphatic heterocycles. The zero-order valence-electron chi connectivity index (χ0n) is 9.47. The lowest BCUT2D eigenvalue weighted by atomic mass is 9.76. The van der Waals surface area contributed by atoms with Crippen molar-refractivity contribution in [3.05, 3.63) is 34.3 Å². The fourth-order valence-electron chi connectivity index (χ4n) is 1.77. The van der Waals surface area contributed by atoms with Crippen LogP contribution in [0.3, 0.4) is 0 Å². The van der Waals surface area contributed by atoms with Crippen LogP contribution in [0.25, 0.3) is 0 Å². The SMILES string of the molecule is CCC(C)(CC)c1ccc(Cl)cc1C#N. The summed E-state index contributed by atoms with van der Waals surface area (Å²) < 4.78 is 0. The zero-order chi connectivity index (χ0) is 11.5. The number of nitrogens with zero attached hydrogens (tertiary/aromatic N) is 1. The Kier molecular flexibility index (Phi) is 3.77. The maximum absolute atomic E-state index is 9.09. The number of benzene rings is 1. The van der Waals surface area contributed by atoms with Crippen LogP contribution in [0.15, 0.2) is 18.2 Å². The average molecular weight is 222 g/mol. The van der Waals surface area contributed by atoms with E-state index in [0.717, 1.165) is 18.4 Å². The van der Waals surface area contributed by atoms with E-state index in [1.807, 2.05) is 12.1 Å². The molecule has 1 nitrogen and oxygen atoms in total. The van der Waals surface area contributed by atoms with Gasteiger partial charge >= 0.3 is 0 Å². The van der Waals surface area contributed by atoms with E-state index < -0.39 is 0 Å². The van der Waals surface area contributed by atoms with E-state index >= 15 is 0 Å². The second-order valence-electron chi connectivity index (χ2n) is 4.07. The van der Waals surface area contributed by atoms with E-state index in [0.29, 0.717) is 10.6 Å². The predicted octanol–water partition coefficient (Wildman–Crippen LogP) is 4.29. The predicted molar refractivity (Wildman–Crippen MR) is 64.1 cm³/mol. The van der Waals surface area contributed by atoms with Crippen LogP contribution in [0, 0.1) is 11.3 Å². The van der Waals surface area contributed by atoms with Crippen molar-refractivity contribution in [2.75, 3.05) is 0 Å². The molecule has 0 saturated carbocycles. The molecule has 0 unspecified atom stereocenters. The summed E-state index contributed by atoms with van der Waals surface area (Å²) in [7, 11) is 0.